The lowest BCUT2D eigenvalue weighted by molar-refractivity contribution is -0.0576. The minimum Gasteiger partial charge on any atom is -0.342 e. The van der Waals surface area contributed by atoms with Crippen LogP contribution in [0.5, 0.6) is 0 Å². The van der Waals surface area contributed by atoms with Gasteiger partial charge in [-0.1, -0.05) is 49.8 Å². The average molecular weight is 559 g/mol. The molecule has 0 amide bonds. The number of nitrogens with zero attached hydrogens (tertiary/aromatic N) is 4. The molecule has 4 rings (SSSR count). The van der Waals surface area contributed by atoms with Crippen molar-refractivity contribution in [2.24, 2.45) is 10.9 Å². The van der Waals surface area contributed by atoms with Gasteiger partial charge in [-0.3, -0.25) is 4.99 Å². The maximum absolute atomic E-state index is 15.1. The van der Waals surface area contributed by atoms with Gasteiger partial charge in [0.1, 0.15) is 17.3 Å². The molecule has 1 fully saturated rings. The molecule has 2 heterocycles. The fraction of sp³-hybridized carbons (Fsp3) is 0.480. The summed E-state index contributed by atoms with van der Waals surface area (Å²) in [4.78, 5) is 6.69. The number of hydrogen-bond donors (Lipinski definition) is 0. The summed E-state index contributed by atoms with van der Waals surface area (Å²) in [5, 5.41) is 3.50. The summed E-state index contributed by atoms with van der Waals surface area (Å²) in [5.41, 5.74) is -1.71. The number of alkyl halides is 3. The second-order valence-electron chi connectivity index (χ2n) is 9.38. The fourth-order valence-electron chi connectivity index (χ4n) is 4.65. The second-order valence-corrected chi connectivity index (χ2v) is 11.4. The minimum absolute atomic E-state index is 0.00243. The van der Waals surface area contributed by atoms with Crippen molar-refractivity contribution < 1.29 is 34.9 Å². The molecule has 1 aliphatic carbocycles. The number of sulfonamides is 1. The number of aromatic nitrogens is 2. The molecule has 1 saturated carbocycles. The molecule has 2 aromatic rings. The number of rotatable bonds is 8. The van der Waals surface area contributed by atoms with E-state index in [4.69, 9.17) is 0 Å². The van der Waals surface area contributed by atoms with Crippen molar-refractivity contribution in [2.75, 3.05) is 6.54 Å². The van der Waals surface area contributed by atoms with Crippen LogP contribution in [0.3, 0.4) is 0 Å². The Morgan fingerprint density at radius 2 is 1.79 bits per heavy atom. The molecule has 38 heavy (non-hydrogen) atoms. The van der Waals surface area contributed by atoms with Gasteiger partial charge in [-0.25, -0.2) is 17.2 Å². The standard InChI is InChI=1S/C25H27F5N4O3S/c26-21-13-20(24-32-16-37-33-24)22(27)12-18(21)15-34(11-10-17-6-3-1-2-4-7-17)38(35,36)19-8-5-9-23(31-14-19)25(28,29)30/h5,9,12-14,16-17H,1-4,6-8,10-11,15H2. The van der Waals surface area contributed by atoms with Crippen LogP contribution in [0.25, 0.3) is 11.4 Å². The van der Waals surface area contributed by atoms with Gasteiger partial charge in [0.15, 0.2) is 0 Å². The molecule has 0 atom stereocenters. The van der Waals surface area contributed by atoms with Gasteiger partial charge in [-0.05, 0) is 30.5 Å². The van der Waals surface area contributed by atoms with E-state index in [1.165, 1.54) is 0 Å². The fourth-order valence-corrected chi connectivity index (χ4v) is 6.13. The highest BCUT2D eigenvalue weighted by atomic mass is 32.2. The van der Waals surface area contributed by atoms with E-state index in [1.54, 1.807) is 0 Å². The molecular weight excluding hydrogens is 531 g/mol. The van der Waals surface area contributed by atoms with Crippen molar-refractivity contribution in [3.63, 3.8) is 0 Å². The molecule has 2 aliphatic rings. The van der Waals surface area contributed by atoms with Crippen molar-refractivity contribution in [2.45, 2.75) is 64.1 Å². The molecule has 0 N–H and O–H groups in total. The largest absolute Gasteiger partial charge is 0.433 e. The highest BCUT2D eigenvalue weighted by molar-refractivity contribution is 7.93. The van der Waals surface area contributed by atoms with E-state index in [-0.39, 0.29) is 40.7 Å². The van der Waals surface area contributed by atoms with E-state index in [9.17, 15) is 26.0 Å². The Labute approximate surface area is 217 Å². The summed E-state index contributed by atoms with van der Waals surface area (Å²) in [6.07, 6.45) is 5.00. The van der Waals surface area contributed by atoms with Crippen molar-refractivity contribution >= 4 is 15.7 Å². The van der Waals surface area contributed by atoms with E-state index in [1.807, 2.05) is 0 Å². The highest BCUT2D eigenvalue weighted by Gasteiger charge is 2.35. The molecule has 0 saturated heterocycles. The Bertz CT molecular complexity index is 1310. The normalized spacial score (nSPS) is 17.7. The first-order valence-corrected chi connectivity index (χ1v) is 13.7. The molecule has 1 aromatic carbocycles. The number of allylic oxidation sites excluding steroid dienone is 3. The summed E-state index contributed by atoms with van der Waals surface area (Å²) < 4.78 is 102. The van der Waals surface area contributed by atoms with Crippen molar-refractivity contribution in [3.8, 4) is 11.4 Å². The molecule has 0 spiro atoms. The molecule has 0 bridgehead atoms. The Morgan fingerprint density at radius 3 is 2.45 bits per heavy atom. The van der Waals surface area contributed by atoms with E-state index in [0.717, 1.165) is 73.5 Å². The number of benzene rings is 1. The lowest BCUT2D eigenvalue weighted by atomic mass is 9.97. The average Bonchev–Trinajstić information content (AvgIpc) is 3.09. The van der Waals surface area contributed by atoms with Gasteiger partial charge in [-0.2, -0.15) is 22.5 Å². The van der Waals surface area contributed by atoms with Crippen LogP contribution in [0, 0.1) is 17.6 Å². The van der Waals surface area contributed by atoms with Crippen molar-refractivity contribution in [1.29, 1.82) is 0 Å². The smallest absolute Gasteiger partial charge is 0.342 e. The molecule has 206 valence electrons. The van der Waals surface area contributed by atoms with Crippen LogP contribution in [0.15, 0.2) is 51.3 Å². The zero-order valence-electron chi connectivity index (χ0n) is 20.4. The molecular formula is C25H27F5N4O3S. The Balaban J connectivity index is 1.64. The lowest BCUT2D eigenvalue weighted by Crippen LogP contribution is -2.34. The topological polar surface area (TPSA) is 88.7 Å². The van der Waals surface area contributed by atoms with Crippen LogP contribution in [0.4, 0.5) is 22.0 Å². The SMILES string of the molecule is O=S(=O)(C1=CN=C(C(F)(F)F)C=CC1)N(CCC1CCCCCC1)Cc1cc(F)c(-c2ncon2)cc1F. The second kappa shape index (κ2) is 11.9. The summed E-state index contributed by atoms with van der Waals surface area (Å²) in [6, 6.07) is 1.73. The quantitative estimate of drug-likeness (QED) is 0.280. The Kier molecular flexibility index (Phi) is 8.76. The van der Waals surface area contributed by atoms with Crippen molar-refractivity contribution in [1.82, 2.24) is 14.4 Å². The van der Waals surface area contributed by atoms with E-state index < -0.39 is 40.1 Å². The maximum Gasteiger partial charge on any atom is 0.433 e. The molecule has 1 aliphatic heterocycles. The molecule has 7 nitrogen and oxygen atoms in total. The predicted octanol–water partition coefficient (Wildman–Crippen LogP) is 6.31. The Hall–Kier alpha value is -2.93. The van der Waals surface area contributed by atoms with Gasteiger partial charge < -0.3 is 4.52 Å². The van der Waals surface area contributed by atoms with Crippen LogP contribution >= 0.6 is 0 Å². The highest BCUT2D eigenvalue weighted by Crippen LogP contribution is 2.30. The van der Waals surface area contributed by atoms with Gasteiger partial charge in [0.2, 0.25) is 22.2 Å². The van der Waals surface area contributed by atoms with Gasteiger partial charge >= 0.3 is 6.18 Å². The summed E-state index contributed by atoms with van der Waals surface area (Å²) in [7, 11) is -4.37. The zero-order chi connectivity index (χ0) is 27.3. The Morgan fingerprint density at radius 1 is 1.05 bits per heavy atom. The van der Waals surface area contributed by atoms with E-state index >= 15 is 4.39 Å². The molecule has 1 aromatic heterocycles. The van der Waals surface area contributed by atoms with Gasteiger partial charge in [0.25, 0.3) is 0 Å². The third-order valence-electron chi connectivity index (χ3n) is 6.75. The minimum atomic E-state index is -4.74. The summed E-state index contributed by atoms with van der Waals surface area (Å²) in [6.45, 7) is -0.515. The molecule has 0 radical (unpaired) electrons. The predicted molar refractivity (Wildman–Crippen MR) is 130 cm³/mol. The first-order chi connectivity index (χ1) is 18.1. The monoisotopic (exact) mass is 558 g/mol. The third kappa shape index (κ3) is 6.73. The van der Waals surface area contributed by atoms with Gasteiger partial charge in [0.05, 0.1) is 10.5 Å². The molecule has 0 unspecified atom stereocenters. The van der Waals surface area contributed by atoms with Crippen LogP contribution in [0.1, 0.15) is 56.9 Å². The van der Waals surface area contributed by atoms with Crippen LogP contribution in [0.2, 0.25) is 0 Å². The number of hydrogen-bond acceptors (Lipinski definition) is 6. The van der Waals surface area contributed by atoms with Crippen LogP contribution in [-0.2, 0) is 16.6 Å². The van der Waals surface area contributed by atoms with Crippen LogP contribution < -0.4 is 0 Å². The first kappa shape index (κ1) is 28.1. The van der Waals surface area contributed by atoms with Crippen LogP contribution in [-0.4, -0.2) is 41.3 Å². The van der Waals surface area contributed by atoms with Crippen molar-refractivity contribution in [3.05, 3.63) is 59.0 Å². The third-order valence-corrected chi connectivity index (χ3v) is 8.68. The number of aliphatic imine (C=N–C) groups is 1. The summed E-state index contributed by atoms with van der Waals surface area (Å²) in [5.74, 6) is -1.66. The van der Waals surface area contributed by atoms with Gasteiger partial charge in [-0.15, -0.1) is 0 Å². The number of halogens is 5. The zero-order valence-corrected chi connectivity index (χ0v) is 21.2. The van der Waals surface area contributed by atoms with Gasteiger partial charge in [0, 0.05) is 31.3 Å². The lowest BCUT2D eigenvalue weighted by Gasteiger charge is -2.25. The first-order valence-electron chi connectivity index (χ1n) is 12.3. The summed E-state index contributed by atoms with van der Waals surface area (Å²) >= 11 is 0. The van der Waals surface area contributed by atoms with E-state index in [0.29, 0.717) is 12.6 Å². The maximum atomic E-state index is 15.1. The van der Waals surface area contributed by atoms with E-state index in [2.05, 4.69) is 19.7 Å². The molecule has 13 heteroatoms.